The Balaban J connectivity index is 1.43. The highest BCUT2D eigenvalue weighted by Crippen LogP contribution is 2.38. The first kappa shape index (κ1) is 18.1. The maximum atomic E-state index is 12.7. The van der Waals surface area contributed by atoms with Gasteiger partial charge in [-0.15, -0.1) is 5.10 Å². The second-order valence-electron chi connectivity index (χ2n) is 8.11. The zero-order chi connectivity index (χ0) is 19.0. The van der Waals surface area contributed by atoms with Gasteiger partial charge in [-0.2, -0.15) is 4.98 Å². The molecule has 2 aromatic heterocycles. The molecule has 2 fully saturated rings. The molecule has 4 rings (SSSR count). The van der Waals surface area contributed by atoms with Crippen LogP contribution < -0.4 is 11.1 Å². The summed E-state index contributed by atoms with van der Waals surface area (Å²) in [6, 6.07) is 0.182. The Morgan fingerprint density at radius 3 is 2.67 bits per heavy atom. The number of amides is 1. The summed E-state index contributed by atoms with van der Waals surface area (Å²) in [6.07, 6.45) is 7.81. The zero-order valence-electron chi connectivity index (χ0n) is 15.8. The molecule has 2 heterocycles. The lowest BCUT2D eigenvalue weighted by Crippen LogP contribution is -2.32. The molecule has 9 heteroatoms. The molecule has 0 aliphatic heterocycles. The molecule has 2 aliphatic carbocycles. The smallest absolute Gasteiger partial charge is 0.274 e. The number of carbonyl (C=O) groups is 1. The third kappa shape index (κ3) is 4.02. The van der Waals surface area contributed by atoms with Crippen molar-refractivity contribution in [2.45, 2.75) is 76.4 Å². The molecule has 9 nitrogen and oxygen atoms in total. The van der Waals surface area contributed by atoms with Gasteiger partial charge in [-0.1, -0.05) is 24.2 Å². The summed E-state index contributed by atoms with van der Waals surface area (Å²) in [5.41, 5.74) is 6.26. The summed E-state index contributed by atoms with van der Waals surface area (Å²) >= 11 is 0. The second-order valence-corrected chi connectivity index (χ2v) is 8.11. The highest BCUT2D eigenvalue weighted by Gasteiger charge is 2.32. The number of carbonyl (C=O) groups excluding carboxylic acids is 1. The normalized spacial score (nSPS) is 24.1. The van der Waals surface area contributed by atoms with Crippen LogP contribution in [-0.2, 0) is 0 Å². The van der Waals surface area contributed by atoms with Crippen molar-refractivity contribution in [2.75, 3.05) is 0 Å². The van der Waals surface area contributed by atoms with Crippen LogP contribution in [0.4, 0.5) is 0 Å². The van der Waals surface area contributed by atoms with Gasteiger partial charge in [0, 0.05) is 12.0 Å². The van der Waals surface area contributed by atoms with E-state index in [4.69, 9.17) is 10.3 Å². The number of hydrogen-bond donors (Lipinski definition) is 2. The number of nitrogens with one attached hydrogen (secondary N) is 1. The fourth-order valence-corrected chi connectivity index (χ4v) is 3.54. The molecule has 2 aromatic rings. The largest absolute Gasteiger partial charge is 0.339 e. The van der Waals surface area contributed by atoms with E-state index in [1.165, 1.54) is 0 Å². The van der Waals surface area contributed by atoms with Crippen LogP contribution in [0.3, 0.4) is 0 Å². The van der Waals surface area contributed by atoms with Gasteiger partial charge in [0.1, 0.15) is 6.04 Å². The van der Waals surface area contributed by atoms with Crippen LogP contribution in [0.25, 0.3) is 0 Å². The monoisotopic (exact) mass is 373 g/mol. The third-order valence-corrected chi connectivity index (χ3v) is 5.48. The summed E-state index contributed by atoms with van der Waals surface area (Å²) in [6.45, 7) is 4.02. The van der Waals surface area contributed by atoms with Crippen molar-refractivity contribution < 1.29 is 9.32 Å². The molecule has 0 bridgehead atoms. The van der Waals surface area contributed by atoms with E-state index >= 15 is 0 Å². The van der Waals surface area contributed by atoms with E-state index in [1.54, 1.807) is 10.9 Å². The Kier molecular flexibility index (Phi) is 4.94. The molecule has 1 atom stereocenters. The lowest BCUT2D eigenvalue weighted by molar-refractivity contribution is 0.0908. The number of nitrogens with two attached hydrogens (primary N) is 1. The van der Waals surface area contributed by atoms with Crippen LogP contribution in [0, 0.1) is 5.92 Å². The lowest BCUT2D eigenvalue weighted by Gasteiger charge is -2.25. The fourth-order valence-electron chi connectivity index (χ4n) is 3.54. The Bertz CT molecular complexity index is 787. The molecule has 0 saturated heterocycles. The molecule has 2 saturated carbocycles. The van der Waals surface area contributed by atoms with Gasteiger partial charge in [0.25, 0.3) is 5.91 Å². The van der Waals surface area contributed by atoms with Crippen molar-refractivity contribution >= 4 is 5.91 Å². The van der Waals surface area contributed by atoms with Gasteiger partial charge in [0.2, 0.25) is 5.89 Å². The molecule has 2 aliphatic rings. The average Bonchev–Trinajstić information content (AvgIpc) is 3.18. The number of aromatic nitrogens is 5. The van der Waals surface area contributed by atoms with Gasteiger partial charge in [-0.25, -0.2) is 4.68 Å². The van der Waals surface area contributed by atoms with Crippen molar-refractivity contribution in [3.8, 4) is 0 Å². The van der Waals surface area contributed by atoms with Crippen LogP contribution in [0.2, 0.25) is 0 Å². The second kappa shape index (κ2) is 7.38. The Morgan fingerprint density at radius 2 is 2.00 bits per heavy atom. The summed E-state index contributed by atoms with van der Waals surface area (Å²) < 4.78 is 7.20. The molecule has 146 valence electrons. The maximum Gasteiger partial charge on any atom is 0.274 e. The first-order valence-electron chi connectivity index (χ1n) is 9.83. The Morgan fingerprint density at radius 1 is 1.26 bits per heavy atom. The highest BCUT2D eigenvalue weighted by molar-refractivity contribution is 5.92. The maximum absolute atomic E-state index is 12.7. The van der Waals surface area contributed by atoms with E-state index in [0.29, 0.717) is 17.5 Å². The molecule has 0 aromatic carbocycles. The van der Waals surface area contributed by atoms with Crippen LogP contribution >= 0.6 is 0 Å². The van der Waals surface area contributed by atoms with Crippen molar-refractivity contribution in [1.29, 1.82) is 0 Å². The van der Waals surface area contributed by atoms with Crippen molar-refractivity contribution in [1.82, 2.24) is 30.5 Å². The third-order valence-electron chi connectivity index (χ3n) is 5.48. The summed E-state index contributed by atoms with van der Waals surface area (Å²) in [5, 5.41) is 15.3. The fraction of sp³-hybridized carbons (Fsp3) is 0.722. The van der Waals surface area contributed by atoms with Gasteiger partial charge < -0.3 is 15.6 Å². The SMILES string of the molecule is CC(C)[C@H](NC(=O)c1cn(C2CCC(N)CC2)nn1)c1nc(C2CC2)no1. The first-order valence-corrected chi connectivity index (χ1v) is 9.83. The summed E-state index contributed by atoms with van der Waals surface area (Å²) in [4.78, 5) is 17.2. The lowest BCUT2D eigenvalue weighted by atomic mass is 9.92. The van der Waals surface area contributed by atoms with E-state index < -0.39 is 0 Å². The molecule has 0 radical (unpaired) electrons. The van der Waals surface area contributed by atoms with Gasteiger partial charge >= 0.3 is 0 Å². The topological polar surface area (TPSA) is 125 Å². The molecule has 3 N–H and O–H groups in total. The predicted octanol–water partition coefficient (Wildman–Crippen LogP) is 2.11. The zero-order valence-corrected chi connectivity index (χ0v) is 15.8. The number of hydrogen-bond acceptors (Lipinski definition) is 7. The Labute approximate surface area is 158 Å². The van der Waals surface area contributed by atoms with Crippen LogP contribution in [-0.4, -0.2) is 37.1 Å². The van der Waals surface area contributed by atoms with Gasteiger partial charge in [-0.05, 0) is 44.4 Å². The van der Waals surface area contributed by atoms with E-state index in [9.17, 15) is 4.79 Å². The van der Waals surface area contributed by atoms with Crippen LogP contribution in [0.1, 0.15) is 92.6 Å². The molecular formula is C18H27N7O2. The molecule has 0 unspecified atom stereocenters. The van der Waals surface area contributed by atoms with E-state index in [1.807, 2.05) is 13.8 Å². The van der Waals surface area contributed by atoms with Gasteiger partial charge in [0.15, 0.2) is 11.5 Å². The van der Waals surface area contributed by atoms with Gasteiger partial charge in [-0.3, -0.25) is 4.79 Å². The minimum Gasteiger partial charge on any atom is -0.339 e. The van der Waals surface area contributed by atoms with E-state index in [2.05, 4.69) is 25.8 Å². The molecule has 0 spiro atoms. The van der Waals surface area contributed by atoms with Crippen LogP contribution in [0.5, 0.6) is 0 Å². The number of nitrogens with zero attached hydrogens (tertiary/aromatic N) is 5. The van der Waals surface area contributed by atoms with Crippen LogP contribution in [0.15, 0.2) is 10.7 Å². The average molecular weight is 373 g/mol. The van der Waals surface area contributed by atoms with E-state index in [0.717, 1.165) is 44.3 Å². The van der Waals surface area contributed by atoms with Gasteiger partial charge in [0.05, 0.1) is 12.2 Å². The van der Waals surface area contributed by atoms with Crippen molar-refractivity contribution in [3.05, 3.63) is 23.6 Å². The van der Waals surface area contributed by atoms with Crippen molar-refractivity contribution in [2.24, 2.45) is 11.7 Å². The minimum absolute atomic E-state index is 0.108. The summed E-state index contributed by atoms with van der Waals surface area (Å²) in [7, 11) is 0. The van der Waals surface area contributed by atoms with Crippen molar-refractivity contribution in [3.63, 3.8) is 0 Å². The summed E-state index contributed by atoms with van der Waals surface area (Å²) in [5.74, 6) is 1.43. The highest BCUT2D eigenvalue weighted by atomic mass is 16.5. The molecule has 1 amide bonds. The predicted molar refractivity (Wildman–Crippen MR) is 96.8 cm³/mol. The quantitative estimate of drug-likeness (QED) is 0.794. The minimum atomic E-state index is -0.352. The van der Waals surface area contributed by atoms with E-state index in [-0.39, 0.29) is 30.0 Å². The molecular weight excluding hydrogens is 346 g/mol. The molecule has 27 heavy (non-hydrogen) atoms. The number of rotatable bonds is 6. The first-order chi connectivity index (χ1) is 13.0. The Hall–Kier alpha value is -2.29. The standard InChI is InChI=1S/C18H27N7O2/c1-10(2)15(18-21-16(23-27-18)11-3-4-11)20-17(26)14-9-25(24-22-14)13-7-5-12(19)6-8-13/h9-13,15H,3-8,19H2,1-2H3,(H,20,26)/t12?,13?,15-/m0/s1.